The highest BCUT2D eigenvalue weighted by Crippen LogP contribution is 2.43. The summed E-state index contributed by atoms with van der Waals surface area (Å²) in [5.74, 6) is 0.862. The Hall–Kier alpha value is -2.42. The predicted molar refractivity (Wildman–Crippen MR) is 108 cm³/mol. The zero-order valence-electron chi connectivity index (χ0n) is 17.8. The summed E-state index contributed by atoms with van der Waals surface area (Å²) in [6.07, 6.45) is 4.99. The van der Waals surface area contributed by atoms with Crippen LogP contribution in [0.3, 0.4) is 0 Å². The van der Waals surface area contributed by atoms with Crippen LogP contribution in [0.25, 0.3) is 5.65 Å². The van der Waals surface area contributed by atoms with E-state index in [1.165, 1.54) is 0 Å². The van der Waals surface area contributed by atoms with Crippen LogP contribution >= 0.6 is 0 Å². The van der Waals surface area contributed by atoms with Crippen molar-refractivity contribution in [3.63, 3.8) is 0 Å². The van der Waals surface area contributed by atoms with Gasteiger partial charge >= 0.3 is 6.09 Å². The van der Waals surface area contributed by atoms with Crippen molar-refractivity contribution >= 4 is 17.6 Å². The van der Waals surface area contributed by atoms with Gasteiger partial charge in [0, 0.05) is 24.7 Å². The second kappa shape index (κ2) is 7.12. The number of ether oxygens (including phenoxy) is 2. The maximum atomic E-state index is 12.4. The van der Waals surface area contributed by atoms with Crippen molar-refractivity contribution in [3.8, 4) is 0 Å². The second-order valence-corrected chi connectivity index (χ2v) is 9.26. The van der Waals surface area contributed by atoms with Gasteiger partial charge in [-0.25, -0.2) is 9.78 Å². The summed E-state index contributed by atoms with van der Waals surface area (Å²) in [5.41, 5.74) is 1.07. The van der Waals surface area contributed by atoms with Gasteiger partial charge in [0.05, 0.1) is 24.4 Å². The van der Waals surface area contributed by atoms with E-state index in [0.717, 1.165) is 43.1 Å². The number of amides is 1. The first-order valence-corrected chi connectivity index (χ1v) is 10.2. The molecule has 2 atom stereocenters. The molecule has 158 valence electrons. The minimum absolute atomic E-state index is 0.0469. The summed E-state index contributed by atoms with van der Waals surface area (Å²) in [6.45, 7) is 11.9. The van der Waals surface area contributed by atoms with Gasteiger partial charge in [-0.2, -0.15) is 0 Å². The summed E-state index contributed by atoms with van der Waals surface area (Å²) in [6, 6.07) is -0.0712. The average Bonchev–Trinajstić information content (AvgIpc) is 3.21. The van der Waals surface area contributed by atoms with Crippen molar-refractivity contribution in [1.82, 2.24) is 24.9 Å². The highest BCUT2D eigenvalue weighted by molar-refractivity contribution is 5.68. The Morgan fingerprint density at radius 2 is 2.07 bits per heavy atom. The van der Waals surface area contributed by atoms with E-state index in [1.807, 2.05) is 45.2 Å². The van der Waals surface area contributed by atoms with E-state index in [-0.39, 0.29) is 23.7 Å². The van der Waals surface area contributed by atoms with Gasteiger partial charge in [-0.15, -0.1) is 10.2 Å². The molecule has 2 aliphatic rings. The molecular formula is C20H30N6O3. The first kappa shape index (κ1) is 19.9. The Balaban J connectivity index is 1.49. The number of rotatable bonds is 2. The zero-order chi connectivity index (χ0) is 20.8. The molecule has 4 rings (SSSR count). The van der Waals surface area contributed by atoms with Crippen molar-refractivity contribution in [2.45, 2.75) is 65.2 Å². The summed E-state index contributed by atoms with van der Waals surface area (Å²) in [7, 11) is 0. The van der Waals surface area contributed by atoms with Gasteiger partial charge in [0.25, 0.3) is 0 Å². The number of alkyl carbamates (subject to hydrolysis) is 1. The number of aromatic nitrogens is 4. The van der Waals surface area contributed by atoms with Crippen LogP contribution in [0.4, 0.5) is 10.6 Å². The molecule has 1 N–H and O–H groups in total. The fraction of sp³-hybridized carbons (Fsp3) is 0.700. The maximum Gasteiger partial charge on any atom is 0.407 e. The van der Waals surface area contributed by atoms with E-state index in [9.17, 15) is 4.79 Å². The average molecular weight is 402 g/mol. The number of fused-ring (bicyclic) bond motifs is 1. The lowest BCUT2D eigenvalue weighted by Crippen LogP contribution is -2.55. The van der Waals surface area contributed by atoms with Crippen LogP contribution in [0, 0.1) is 12.3 Å². The molecule has 9 nitrogen and oxygen atoms in total. The number of nitrogens with zero attached hydrogens (tertiary/aromatic N) is 5. The molecule has 0 radical (unpaired) electrons. The Bertz CT molecular complexity index is 897. The number of hydrogen-bond donors (Lipinski definition) is 1. The number of carbonyl (C=O) groups is 1. The lowest BCUT2D eigenvalue weighted by molar-refractivity contribution is 0.0434. The third kappa shape index (κ3) is 3.88. The molecule has 2 saturated heterocycles. The topological polar surface area (TPSA) is 93.9 Å². The molecule has 1 spiro atoms. The molecule has 1 amide bonds. The lowest BCUT2D eigenvalue weighted by atomic mass is 9.73. The largest absolute Gasteiger partial charge is 0.444 e. The van der Waals surface area contributed by atoms with Crippen LogP contribution < -0.4 is 10.2 Å². The number of anilines is 1. The number of piperidine rings is 1. The van der Waals surface area contributed by atoms with E-state index in [4.69, 9.17) is 14.5 Å². The van der Waals surface area contributed by atoms with Gasteiger partial charge in [0.2, 0.25) is 5.65 Å². The normalized spacial score (nSPS) is 24.2. The minimum atomic E-state index is -0.524. The molecule has 9 heteroatoms. The van der Waals surface area contributed by atoms with Gasteiger partial charge in [-0.1, -0.05) is 0 Å². The van der Waals surface area contributed by atoms with E-state index < -0.39 is 5.60 Å². The SMILES string of the molecule is Cc1cn2cnnc2c(N2CCC3(CC2)COC(C)C3NC(=O)OC(C)(C)C)n1. The molecule has 0 aromatic carbocycles. The fourth-order valence-electron chi connectivity index (χ4n) is 4.46. The van der Waals surface area contributed by atoms with Crippen molar-refractivity contribution in [1.29, 1.82) is 0 Å². The van der Waals surface area contributed by atoms with Crippen molar-refractivity contribution in [3.05, 3.63) is 18.2 Å². The highest BCUT2D eigenvalue weighted by atomic mass is 16.6. The van der Waals surface area contributed by atoms with Crippen molar-refractivity contribution in [2.24, 2.45) is 5.41 Å². The number of nitrogens with one attached hydrogen (secondary N) is 1. The zero-order valence-corrected chi connectivity index (χ0v) is 17.8. The van der Waals surface area contributed by atoms with Crippen LogP contribution in [0.15, 0.2) is 12.5 Å². The predicted octanol–water partition coefficient (Wildman–Crippen LogP) is 2.33. The summed E-state index contributed by atoms with van der Waals surface area (Å²) >= 11 is 0. The van der Waals surface area contributed by atoms with Gasteiger partial charge in [0.1, 0.15) is 11.9 Å². The molecule has 2 aromatic heterocycles. The van der Waals surface area contributed by atoms with E-state index in [1.54, 1.807) is 6.33 Å². The molecule has 0 aliphatic carbocycles. The van der Waals surface area contributed by atoms with Crippen LogP contribution in [-0.4, -0.2) is 63.1 Å². The molecule has 29 heavy (non-hydrogen) atoms. The molecule has 4 heterocycles. The number of aryl methyl sites for hydroxylation is 1. The molecule has 2 fully saturated rings. The number of hydrogen-bond acceptors (Lipinski definition) is 7. The van der Waals surface area contributed by atoms with Crippen LogP contribution in [0.2, 0.25) is 0 Å². The van der Waals surface area contributed by atoms with Crippen molar-refractivity contribution in [2.75, 3.05) is 24.6 Å². The monoisotopic (exact) mass is 402 g/mol. The van der Waals surface area contributed by atoms with Gasteiger partial charge in [-0.3, -0.25) is 4.40 Å². The van der Waals surface area contributed by atoms with Crippen LogP contribution in [0.1, 0.15) is 46.2 Å². The highest BCUT2D eigenvalue weighted by Gasteiger charge is 2.50. The Labute approximate surface area is 170 Å². The number of carbonyl (C=O) groups excluding carboxylic acids is 1. The molecule has 0 saturated carbocycles. The quantitative estimate of drug-likeness (QED) is 0.824. The molecular weight excluding hydrogens is 372 g/mol. The van der Waals surface area contributed by atoms with E-state index in [2.05, 4.69) is 20.4 Å². The molecule has 2 aromatic rings. The first-order chi connectivity index (χ1) is 13.7. The molecule has 2 aliphatic heterocycles. The Morgan fingerprint density at radius 1 is 1.34 bits per heavy atom. The van der Waals surface area contributed by atoms with E-state index >= 15 is 0 Å². The van der Waals surface area contributed by atoms with Crippen LogP contribution in [0.5, 0.6) is 0 Å². The lowest BCUT2D eigenvalue weighted by Gasteiger charge is -2.43. The van der Waals surface area contributed by atoms with Crippen molar-refractivity contribution < 1.29 is 14.3 Å². The maximum absolute atomic E-state index is 12.4. The third-order valence-corrected chi connectivity index (χ3v) is 5.88. The molecule has 0 bridgehead atoms. The van der Waals surface area contributed by atoms with Gasteiger partial charge in [0.15, 0.2) is 5.82 Å². The Morgan fingerprint density at radius 3 is 2.76 bits per heavy atom. The standard InChI is InChI=1S/C20H30N6O3/c1-13-10-26-12-21-24-17(26)16(22-13)25-8-6-20(7-9-25)11-28-14(2)15(20)23-18(27)29-19(3,4)5/h10,12,14-15H,6-9,11H2,1-5H3,(H,23,27). The first-order valence-electron chi connectivity index (χ1n) is 10.2. The smallest absolute Gasteiger partial charge is 0.407 e. The van der Waals surface area contributed by atoms with Gasteiger partial charge < -0.3 is 19.7 Å². The minimum Gasteiger partial charge on any atom is -0.444 e. The molecule has 2 unspecified atom stereocenters. The summed E-state index contributed by atoms with van der Waals surface area (Å²) in [4.78, 5) is 19.4. The van der Waals surface area contributed by atoms with Gasteiger partial charge in [-0.05, 0) is 47.5 Å². The fourth-order valence-corrected chi connectivity index (χ4v) is 4.46. The van der Waals surface area contributed by atoms with Crippen LogP contribution in [-0.2, 0) is 9.47 Å². The summed E-state index contributed by atoms with van der Waals surface area (Å²) in [5, 5.41) is 11.3. The Kier molecular flexibility index (Phi) is 4.88. The second-order valence-electron chi connectivity index (χ2n) is 9.26. The van der Waals surface area contributed by atoms with E-state index in [0.29, 0.717) is 6.61 Å². The third-order valence-electron chi connectivity index (χ3n) is 5.88. The summed E-state index contributed by atoms with van der Waals surface area (Å²) < 4.78 is 13.4.